The van der Waals surface area contributed by atoms with Crippen molar-refractivity contribution >= 4 is 45.0 Å². The van der Waals surface area contributed by atoms with Gasteiger partial charge in [-0.25, -0.2) is 4.63 Å². The molecule has 0 spiro atoms. The van der Waals surface area contributed by atoms with Crippen LogP contribution in [0.15, 0.2) is 58.0 Å². The lowest BCUT2D eigenvalue weighted by atomic mass is 10.1. The third-order valence-corrected chi connectivity index (χ3v) is 4.93. The van der Waals surface area contributed by atoms with Gasteiger partial charge in [0.15, 0.2) is 10.6 Å². The molecule has 7 nitrogen and oxygen atoms in total. The first-order chi connectivity index (χ1) is 13.5. The van der Waals surface area contributed by atoms with Crippen LogP contribution in [0.5, 0.6) is 0 Å². The predicted octanol–water partition coefficient (Wildman–Crippen LogP) is 3.67. The van der Waals surface area contributed by atoms with E-state index < -0.39 is 0 Å². The number of thiocarbonyl (C=S) groups is 1. The molecular formula is C20H19N5O2S. The smallest absolute Gasteiger partial charge is 0.248 e. The summed E-state index contributed by atoms with van der Waals surface area (Å²) in [5.41, 5.74) is 3.60. The SMILES string of the molecule is CC(C)N(Cc1cc(=O)[nH]c2ccccc12)C(=S)Nc1cccc2nonc12. The first-order valence-electron chi connectivity index (χ1n) is 8.93. The maximum absolute atomic E-state index is 12.1. The maximum atomic E-state index is 12.1. The fourth-order valence-corrected chi connectivity index (χ4v) is 3.56. The zero-order valence-corrected chi connectivity index (χ0v) is 16.3. The van der Waals surface area contributed by atoms with Crippen molar-refractivity contribution in [3.05, 3.63) is 64.4 Å². The van der Waals surface area contributed by atoms with E-state index in [0.717, 1.165) is 22.2 Å². The second-order valence-electron chi connectivity index (χ2n) is 6.79. The number of para-hydroxylation sites is 1. The number of hydrogen-bond donors (Lipinski definition) is 2. The molecule has 4 aromatic rings. The standard InChI is InChI=1S/C20H19N5O2S/c1-12(2)25(11-13-10-18(26)21-15-7-4-3-6-14(13)15)20(28)22-16-8-5-9-17-19(16)24-27-23-17/h3-10,12H,11H2,1-2H3,(H,21,26)(H,22,28). The van der Waals surface area contributed by atoms with Crippen LogP contribution in [-0.2, 0) is 6.54 Å². The van der Waals surface area contributed by atoms with E-state index in [0.29, 0.717) is 22.7 Å². The van der Waals surface area contributed by atoms with Crippen LogP contribution in [-0.4, -0.2) is 31.4 Å². The molecule has 2 N–H and O–H groups in total. The summed E-state index contributed by atoms with van der Waals surface area (Å²) in [5.74, 6) is 0. The molecular weight excluding hydrogens is 374 g/mol. The number of H-pyrrole nitrogens is 1. The zero-order valence-electron chi connectivity index (χ0n) is 15.5. The maximum Gasteiger partial charge on any atom is 0.248 e. The topological polar surface area (TPSA) is 87.0 Å². The summed E-state index contributed by atoms with van der Waals surface area (Å²) in [7, 11) is 0. The van der Waals surface area contributed by atoms with Crippen LogP contribution in [0.2, 0.25) is 0 Å². The van der Waals surface area contributed by atoms with E-state index in [9.17, 15) is 4.79 Å². The molecule has 4 rings (SSSR count). The average Bonchev–Trinajstić information content (AvgIpc) is 3.15. The van der Waals surface area contributed by atoms with Gasteiger partial charge in [0.25, 0.3) is 0 Å². The second kappa shape index (κ2) is 7.40. The van der Waals surface area contributed by atoms with Gasteiger partial charge >= 0.3 is 0 Å². The summed E-state index contributed by atoms with van der Waals surface area (Å²) in [6.45, 7) is 4.62. The van der Waals surface area contributed by atoms with E-state index in [1.54, 1.807) is 6.07 Å². The lowest BCUT2D eigenvalue weighted by molar-refractivity contribution is 0.315. The Balaban J connectivity index is 1.66. The van der Waals surface area contributed by atoms with Gasteiger partial charge in [-0.3, -0.25) is 4.79 Å². The van der Waals surface area contributed by atoms with Gasteiger partial charge < -0.3 is 15.2 Å². The Hall–Kier alpha value is -3.26. The van der Waals surface area contributed by atoms with Crippen LogP contribution in [0.1, 0.15) is 19.4 Å². The highest BCUT2D eigenvalue weighted by Crippen LogP contribution is 2.22. The Kier molecular flexibility index (Phi) is 4.79. The van der Waals surface area contributed by atoms with Crippen molar-refractivity contribution in [1.82, 2.24) is 20.2 Å². The number of aromatic nitrogens is 3. The van der Waals surface area contributed by atoms with Gasteiger partial charge in [-0.2, -0.15) is 0 Å². The molecule has 142 valence electrons. The van der Waals surface area contributed by atoms with Crippen molar-refractivity contribution < 1.29 is 4.63 Å². The molecule has 0 saturated heterocycles. The number of pyridine rings is 1. The van der Waals surface area contributed by atoms with Crippen LogP contribution in [0.4, 0.5) is 5.69 Å². The Morgan fingerprint density at radius 2 is 2.04 bits per heavy atom. The van der Waals surface area contributed by atoms with E-state index in [2.05, 4.69) is 34.5 Å². The van der Waals surface area contributed by atoms with Crippen LogP contribution < -0.4 is 10.9 Å². The van der Waals surface area contributed by atoms with Crippen LogP contribution in [0.25, 0.3) is 21.9 Å². The summed E-state index contributed by atoms with van der Waals surface area (Å²) >= 11 is 5.68. The van der Waals surface area contributed by atoms with E-state index in [1.807, 2.05) is 47.4 Å². The van der Waals surface area contributed by atoms with Gasteiger partial charge in [0.1, 0.15) is 5.52 Å². The first-order valence-corrected chi connectivity index (χ1v) is 9.33. The molecule has 0 aliphatic carbocycles. The molecule has 8 heteroatoms. The lowest BCUT2D eigenvalue weighted by Crippen LogP contribution is -2.39. The molecule has 2 heterocycles. The monoisotopic (exact) mass is 393 g/mol. The Bertz CT molecular complexity index is 1210. The van der Waals surface area contributed by atoms with E-state index >= 15 is 0 Å². The number of hydrogen-bond acceptors (Lipinski definition) is 5. The molecule has 2 aromatic carbocycles. The highest BCUT2D eigenvalue weighted by atomic mass is 32.1. The van der Waals surface area contributed by atoms with Gasteiger partial charge in [-0.05, 0) is 60.1 Å². The summed E-state index contributed by atoms with van der Waals surface area (Å²) < 4.78 is 4.82. The van der Waals surface area contributed by atoms with Crippen molar-refractivity contribution in [1.29, 1.82) is 0 Å². The normalized spacial score (nSPS) is 11.2. The second-order valence-corrected chi connectivity index (χ2v) is 7.18. The summed E-state index contributed by atoms with van der Waals surface area (Å²) in [4.78, 5) is 17.0. The van der Waals surface area contributed by atoms with Crippen LogP contribution in [0, 0.1) is 0 Å². The van der Waals surface area contributed by atoms with Crippen LogP contribution >= 0.6 is 12.2 Å². The van der Waals surface area contributed by atoms with Crippen LogP contribution in [0.3, 0.4) is 0 Å². The third-order valence-electron chi connectivity index (χ3n) is 4.59. The number of anilines is 1. The van der Waals surface area contributed by atoms with Crippen molar-refractivity contribution in [3.63, 3.8) is 0 Å². The number of nitrogens with zero attached hydrogens (tertiary/aromatic N) is 3. The fraction of sp³-hybridized carbons (Fsp3) is 0.200. The molecule has 0 bridgehead atoms. The minimum atomic E-state index is -0.130. The minimum absolute atomic E-state index is 0.118. The first kappa shape index (κ1) is 18.1. The third kappa shape index (κ3) is 3.46. The summed E-state index contributed by atoms with van der Waals surface area (Å²) in [6.07, 6.45) is 0. The predicted molar refractivity (Wildman–Crippen MR) is 113 cm³/mol. The van der Waals surface area contributed by atoms with Crippen molar-refractivity contribution in [2.75, 3.05) is 5.32 Å². The Morgan fingerprint density at radius 1 is 1.21 bits per heavy atom. The van der Waals surface area contributed by atoms with Crippen molar-refractivity contribution in [3.8, 4) is 0 Å². The summed E-state index contributed by atoms with van der Waals surface area (Å²) in [5, 5.41) is 12.6. The number of aromatic amines is 1. The van der Waals surface area contributed by atoms with Gasteiger partial charge in [0.2, 0.25) is 5.56 Å². The van der Waals surface area contributed by atoms with Gasteiger partial charge in [0.05, 0.1) is 5.69 Å². The molecule has 0 atom stereocenters. The molecule has 0 radical (unpaired) electrons. The van der Waals surface area contributed by atoms with Gasteiger partial charge in [0, 0.05) is 29.6 Å². The number of nitrogens with one attached hydrogen (secondary N) is 2. The highest BCUT2D eigenvalue weighted by molar-refractivity contribution is 7.80. The van der Waals surface area contributed by atoms with Gasteiger partial charge in [-0.15, -0.1) is 0 Å². The van der Waals surface area contributed by atoms with Crippen molar-refractivity contribution in [2.24, 2.45) is 0 Å². The highest BCUT2D eigenvalue weighted by Gasteiger charge is 2.18. The molecule has 0 amide bonds. The van der Waals surface area contributed by atoms with Crippen molar-refractivity contribution in [2.45, 2.75) is 26.4 Å². The molecule has 2 aromatic heterocycles. The van der Waals surface area contributed by atoms with E-state index in [1.165, 1.54) is 0 Å². The lowest BCUT2D eigenvalue weighted by Gasteiger charge is -2.30. The number of benzene rings is 2. The molecule has 28 heavy (non-hydrogen) atoms. The molecule has 0 aliphatic heterocycles. The average molecular weight is 393 g/mol. The Labute approximate surface area is 166 Å². The molecule has 0 unspecified atom stereocenters. The molecule has 0 saturated carbocycles. The largest absolute Gasteiger partial charge is 0.342 e. The van der Waals surface area contributed by atoms with Gasteiger partial charge in [-0.1, -0.05) is 24.3 Å². The Morgan fingerprint density at radius 3 is 2.86 bits per heavy atom. The minimum Gasteiger partial charge on any atom is -0.342 e. The molecule has 0 fully saturated rings. The zero-order chi connectivity index (χ0) is 19.7. The van der Waals surface area contributed by atoms with E-state index in [4.69, 9.17) is 16.8 Å². The number of fused-ring (bicyclic) bond motifs is 2. The summed E-state index contributed by atoms with van der Waals surface area (Å²) in [6, 6.07) is 15.1. The number of rotatable bonds is 4. The van der Waals surface area contributed by atoms with E-state index in [-0.39, 0.29) is 11.6 Å². The molecule has 0 aliphatic rings. The fourth-order valence-electron chi connectivity index (χ4n) is 3.17. The quantitative estimate of drug-likeness (QED) is 0.512.